The molecule has 0 aromatic heterocycles. The zero-order chi connectivity index (χ0) is 5.98. The van der Waals surface area contributed by atoms with Crippen LogP contribution in [0, 0.1) is 0 Å². The maximum atomic E-state index is 10.0. The normalized spacial score (nSPS) is 30.9. The number of nitrogens with two attached hydrogens (primary N) is 1. The minimum Gasteiger partial charge on any atom is -0.301 e. The number of nitrogens with zero attached hydrogens (tertiary/aromatic N) is 1. The highest BCUT2D eigenvalue weighted by molar-refractivity contribution is 5.57. The van der Waals surface area contributed by atoms with Crippen LogP contribution in [0.15, 0.2) is 0 Å². The topological polar surface area (TPSA) is 55.6 Å². The molecule has 1 atom stereocenters. The molecule has 4 heteroatoms. The molecule has 0 aliphatic carbocycles. The van der Waals surface area contributed by atoms with Gasteiger partial charge < -0.3 is 4.79 Å². The van der Waals surface area contributed by atoms with Crippen molar-refractivity contribution < 1.29 is 9.63 Å². The third-order valence-corrected chi connectivity index (χ3v) is 1.14. The highest BCUT2D eigenvalue weighted by Crippen LogP contribution is 2.05. The van der Waals surface area contributed by atoms with Crippen molar-refractivity contribution in [2.45, 2.75) is 12.5 Å². The Kier molecular flexibility index (Phi) is 1.57. The molecule has 0 aromatic rings. The van der Waals surface area contributed by atoms with Gasteiger partial charge in [0.2, 0.25) is 0 Å². The van der Waals surface area contributed by atoms with E-state index < -0.39 is 0 Å². The zero-order valence-electron chi connectivity index (χ0n) is 4.41. The summed E-state index contributed by atoms with van der Waals surface area (Å²) in [4.78, 5) is 14.8. The van der Waals surface area contributed by atoms with Gasteiger partial charge in [0.1, 0.15) is 12.3 Å². The molecule has 4 nitrogen and oxygen atoms in total. The van der Waals surface area contributed by atoms with Gasteiger partial charge in [-0.25, -0.2) is 5.84 Å². The number of rotatable bonds is 1. The largest absolute Gasteiger partial charge is 0.301 e. The number of carbonyl (C=O) groups is 1. The summed E-state index contributed by atoms with van der Waals surface area (Å²) < 4.78 is 0. The van der Waals surface area contributed by atoms with Crippen LogP contribution in [0.1, 0.15) is 6.42 Å². The standard InChI is InChI=1S/C4H8N2O2/c5-6-4(3-7)1-2-8-6/h3-4H,1-2,5H2. The molecule has 1 unspecified atom stereocenters. The lowest BCUT2D eigenvalue weighted by Gasteiger charge is -2.08. The summed E-state index contributed by atoms with van der Waals surface area (Å²) in [6.07, 6.45) is 1.49. The number of hydrazine groups is 1. The van der Waals surface area contributed by atoms with Crippen molar-refractivity contribution in [1.29, 1.82) is 0 Å². The highest BCUT2D eigenvalue weighted by Gasteiger charge is 2.21. The molecule has 1 aliphatic rings. The molecule has 1 rings (SSSR count). The fourth-order valence-corrected chi connectivity index (χ4v) is 0.630. The van der Waals surface area contributed by atoms with Gasteiger partial charge >= 0.3 is 0 Å². The molecule has 1 heterocycles. The molecule has 0 radical (unpaired) electrons. The van der Waals surface area contributed by atoms with E-state index >= 15 is 0 Å². The third kappa shape index (κ3) is 0.861. The lowest BCUT2D eigenvalue weighted by molar-refractivity contribution is -0.144. The molecular formula is C4H8N2O2. The van der Waals surface area contributed by atoms with Gasteiger partial charge in [-0.3, -0.25) is 4.84 Å². The summed E-state index contributed by atoms with van der Waals surface area (Å²) in [7, 11) is 0. The van der Waals surface area contributed by atoms with Crippen LogP contribution in [0.25, 0.3) is 0 Å². The Morgan fingerprint density at radius 1 is 1.88 bits per heavy atom. The molecule has 0 bridgehead atoms. The van der Waals surface area contributed by atoms with Gasteiger partial charge in [-0.2, -0.15) is 0 Å². The maximum absolute atomic E-state index is 10.0. The second kappa shape index (κ2) is 2.21. The Hall–Kier alpha value is -0.450. The second-order valence-electron chi connectivity index (χ2n) is 1.69. The Bertz CT molecular complexity index is 96.0. The lowest BCUT2D eigenvalue weighted by atomic mass is 10.3. The van der Waals surface area contributed by atoms with E-state index in [0.717, 1.165) is 11.5 Å². The Morgan fingerprint density at radius 3 is 2.88 bits per heavy atom. The number of hydrogen-bond donors (Lipinski definition) is 1. The molecule has 0 amide bonds. The SMILES string of the molecule is NN1OCCC1C=O. The fraction of sp³-hybridized carbons (Fsp3) is 0.750. The van der Waals surface area contributed by atoms with E-state index in [4.69, 9.17) is 10.7 Å². The van der Waals surface area contributed by atoms with Crippen LogP contribution in [-0.2, 0) is 9.63 Å². The minimum absolute atomic E-state index is 0.227. The zero-order valence-corrected chi connectivity index (χ0v) is 4.41. The fourth-order valence-electron chi connectivity index (χ4n) is 0.630. The van der Waals surface area contributed by atoms with E-state index in [9.17, 15) is 4.79 Å². The molecule has 0 saturated carbocycles. The maximum Gasteiger partial charge on any atom is 0.141 e. The van der Waals surface area contributed by atoms with Crippen LogP contribution >= 0.6 is 0 Å². The molecule has 2 N–H and O–H groups in total. The minimum atomic E-state index is -0.227. The number of hydrogen-bond acceptors (Lipinski definition) is 4. The number of aldehydes is 1. The summed E-state index contributed by atoms with van der Waals surface area (Å²) in [6, 6.07) is -0.227. The Labute approximate surface area is 47.1 Å². The smallest absolute Gasteiger partial charge is 0.141 e. The number of hydroxylamine groups is 1. The van der Waals surface area contributed by atoms with E-state index in [0.29, 0.717) is 13.0 Å². The monoisotopic (exact) mass is 116 g/mol. The quantitative estimate of drug-likeness (QED) is 0.355. The summed E-state index contributed by atoms with van der Waals surface area (Å²) in [6.45, 7) is 0.555. The van der Waals surface area contributed by atoms with Crippen molar-refractivity contribution >= 4 is 6.29 Å². The first-order valence-corrected chi connectivity index (χ1v) is 2.46. The first-order valence-electron chi connectivity index (χ1n) is 2.46. The summed E-state index contributed by atoms with van der Waals surface area (Å²) >= 11 is 0. The second-order valence-corrected chi connectivity index (χ2v) is 1.69. The van der Waals surface area contributed by atoms with Gasteiger partial charge in [0, 0.05) is 0 Å². The summed E-state index contributed by atoms with van der Waals surface area (Å²) in [5.41, 5.74) is 0. The van der Waals surface area contributed by atoms with Gasteiger partial charge in [-0.05, 0) is 6.42 Å². The first-order chi connectivity index (χ1) is 3.84. The average Bonchev–Trinajstić information content (AvgIpc) is 2.14. The van der Waals surface area contributed by atoms with Crippen LogP contribution < -0.4 is 5.84 Å². The Morgan fingerprint density at radius 2 is 2.62 bits per heavy atom. The first kappa shape index (κ1) is 5.68. The van der Waals surface area contributed by atoms with E-state index in [1.54, 1.807) is 0 Å². The molecule has 0 spiro atoms. The van der Waals surface area contributed by atoms with E-state index in [2.05, 4.69) is 0 Å². The van der Waals surface area contributed by atoms with Crippen LogP contribution in [-0.4, -0.2) is 24.1 Å². The summed E-state index contributed by atoms with van der Waals surface area (Å²) in [5, 5.41) is 1.09. The molecule has 1 aliphatic heterocycles. The van der Waals surface area contributed by atoms with Gasteiger partial charge in [0.25, 0.3) is 0 Å². The third-order valence-electron chi connectivity index (χ3n) is 1.14. The van der Waals surface area contributed by atoms with Crippen molar-refractivity contribution in [1.82, 2.24) is 5.17 Å². The van der Waals surface area contributed by atoms with Crippen LogP contribution in [0.5, 0.6) is 0 Å². The number of carbonyl (C=O) groups excluding carboxylic acids is 1. The predicted octanol–water partition coefficient (Wildman–Crippen LogP) is -0.935. The molecule has 8 heavy (non-hydrogen) atoms. The van der Waals surface area contributed by atoms with E-state index in [-0.39, 0.29) is 6.04 Å². The van der Waals surface area contributed by atoms with Gasteiger partial charge in [0.05, 0.1) is 6.61 Å². The average molecular weight is 116 g/mol. The van der Waals surface area contributed by atoms with Crippen molar-refractivity contribution in [2.24, 2.45) is 5.84 Å². The Balaban J connectivity index is 2.41. The molecule has 46 valence electrons. The van der Waals surface area contributed by atoms with Crippen molar-refractivity contribution in [2.75, 3.05) is 6.61 Å². The highest BCUT2D eigenvalue weighted by atomic mass is 16.7. The van der Waals surface area contributed by atoms with Crippen LogP contribution in [0.2, 0.25) is 0 Å². The van der Waals surface area contributed by atoms with Crippen molar-refractivity contribution in [3.63, 3.8) is 0 Å². The van der Waals surface area contributed by atoms with Crippen LogP contribution in [0.4, 0.5) is 0 Å². The van der Waals surface area contributed by atoms with E-state index in [1.807, 2.05) is 0 Å². The summed E-state index contributed by atoms with van der Waals surface area (Å²) in [5.74, 6) is 5.17. The van der Waals surface area contributed by atoms with Crippen molar-refractivity contribution in [3.05, 3.63) is 0 Å². The predicted molar refractivity (Wildman–Crippen MR) is 26.4 cm³/mol. The van der Waals surface area contributed by atoms with Gasteiger partial charge in [0.15, 0.2) is 0 Å². The van der Waals surface area contributed by atoms with Gasteiger partial charge in [-0.15, -0.1) is 5.17 Å². The van der Waals surface area contributed by atoms with Crippen LogP contribution in [0.3, 0.4) is 0 Å². The van der Waals surface area contributed by atoms with Gasteiger partial charge in [-0.1, -0.05) is 0 Å². The van der Waals surface area contributed by atoms with E-state index in [1.165, 1.54) is 0 Å². The lowest BCUT2D eigenvalue weighted by Crippen LogP contribution is -2.35. The molecule has 0 aromatic carbocycles. The molecular weight excluding hydrogens is 108 g/mol. The molecule has 1 fully saturated rings. The van der Waals surface area contributed by atoms with Crippen molar-refractivity contribution in [3.8, 4) is 0 Å². The molecule has 1 saturated heterocycles.